The predicted molar refractivity (Wildman–Crippen MR) is 101 cm³/mol. The number of thioether (sulfide) groups is 1. The number of rotatable bonds is 3. The number of halogens is 3. The van der Waals surface area contributed by atoms with Crippen molar-refractivity contribution in [1.29, 1.82) is 0 Å². The van der Waals surface area contributed by atoms with Crippen molar-refractivity contribution in [2.24, 2.45) is 0 Å². The molecule has 0 radical (unpaired) electrons. The summed E-state index contributed by atoms with van der Waals surface area (Å²) in [6.45, 7) is 2.27. The van der Waals surface area contributed by atoms with Gasteiger partial charge in [-0.3, -0.25) is 0 Å². The van der Waals surface area contributed by atoms with Gasteiger partial charge in [-0.2, -0.15) is 16.1 Å². The lowest BCUT2D eigenvalue weighted by molar-refractivity contribution is 0.426. The highest BCUT2D eigenvalue weighted by atomic mass is 35.5. The molecule has 1 fully saturated rings. The molecule has 1 aliphatic heterocycles. The molecule has 0 spiro atoms. The fraction of sp³-hybridized carbons (Fsp3) is 0.333. The summed E-state index contributed by atoms with van der Waals surface area (Å²) >= 11 is 7.41. The van der Waals surface area contributed by atoms with Crippen LogP contribution in [0.5, 0.6) is 0 Å². The molecule has 0 saturated carbocycles. The molecule has 0 bridgehead atoms. The molecule has 1 saturated heterocycles. The lowest BCUT2D eigenvalue weighted by Gasteiger charge is -2.21. The summed E-state index contributed by atoms with van der Waals surface area (Å²) in [4.78, 5) is 0.186. The van der Waals surface area contributed by atoms with E-state index in [2.05, 4.69) is 0 Å². The van der Waals surface area contributed by atoms with Gasteiger partial charge in [0.25, 0.3) is 0 Å². The van der Waals surface area contributed by atoms with Crippen LogP contribution in [0, 0.1) is 18.6 Å². The summed E-state index contributed by atoms with van der Waals surface area (Å²) in [7, 11) is -3.69. The van der Waals surface area contributed by atoms with Crippen LogP contribution in [0.25, 0.3) is 0 Å². The molecule has 1 atom stereocenters. The van der Waals surface area contributed by atoms with Crippen molar-refractivity contribution >= 4 is 33.4 Å². The van der Waals surface area contributed by atoms with Crippen LogP contribution in [0.2, 0.25) is 5.02 Å². The van der Waals surface area contributed by atoms with E-state index in [0.29, 0.717) is 29.3 Å². The van der Waals surface area contributed by atoms with E-state index in [9.17, 15) is 17.2 Å². The lowest BCUT2D eigenvalue weighted by Crippen LogP contribution is -2.33. The fourth-order valence-electron chi connectivity index (χ4n) is 2.99. The van der Waals surface area contributed by atoms with Gasteiger partial charge < -0.3 is 0 Å². The molecule has 0 aliphatic carbocycles. The molecule has 2 aromatic carbocycles. The Morgan fingerprint density at radius 1 is 1.15 bits per heavy atom. The maximum Gasteiger partial charge on any atom is 0.243 e. The molecule has 0 N–H and O–H groups in total. The smallest absolute Gasteiger partial charge is 0.207 e. The molecule has 1 aliphatic rings. The molecule has 8 heteroatoms. The van der Waals surface area contributed by atoms with Gasteiger partial charge in [0.05, 0.1) is 4.90 Å². The Kier molecular flexibility index (Phi) is 5.91. The Bertz CT molecular complexity index is 921. The highest BCUT2D eigenvalue weighted by molar-refractivity contribution is 7.99. The predicted octanol–water partition coefficient (Wildman–Crippen LogP) is 4.80. The van der Waals surface area contributed by atoms with E-state index in [1.807, 2.05) is 0 Å². The van der Waals surface area contributed by atoms with Crippen LogP contribution in [0.4, 0.5) is 8.78 Å². The molecule has 3 nitrogen and oxygen atoms in total. The molecular formula is C18H18ClF2NO2S2. The van der Waals surface area contributed by atoms with Crippen LogP contribution in [0.1, 0.15) is 22.8 Å². The van der Waals surface area contributed by atoms with Gasteiger partial charge in [-0.1, -0.05) is 17.7 Å². The van der Waals surface area contributed by atoms with Crippen LogP contribution < -0.4 is 0 Å². The van der Waals surface area contributed by atoms with Crippen molar-refractivity contribution in [3.8, 4) is 0 Å². The second-order valence-electron chi connectivity index (χ2n) is 6.13. The zero-order valence-electron chi connectivity index (χ0n) is 14.1. The first kappa shape index (κ1) is 19.6. The van der Waals surface area contributed by atoms with Crippen LogP contribution in [-0.4, -0.2) is 31.6 Å². The van der Waals surface area contributed by atoms with E-state index >= 15 is 0 Å². The normalized spacial score (nSPS) is 19.3. The average molecular weight is 418 g/mol. The average Bonchev–Trinajstić information content (AvgIpc) is 2.85. The molecule has 140 valence electrons. The minimum absolute atomic E-state index is 0.186. The van der Waals surface area contributed by atoms with E-state index in [1.54, 1.807) is 19.1 Å². The van der Waals surface area contributed by atoms with Crippen molar-refractivity contribution < 1.29 is 17.2 Å². The first-order valence-electron chi connectivity index (χ1n) is 8.12. The Morgan fingerprint density at radius 3 is 2.69 bits per heavy atom. The maximum absolute atomic E-state index is 14.1. The van der Waals surface area contributed by atoms with Crippen molar-refractivity contribution in [2.75, 3.05) is 18.8 Å². The van der Waals surface area contributed by atoms with Crippen LogP contribution in [-0.2, 0) is 10.0 Å². The van der Waals surface area contributed by atoms with E-state index in [-0.39, 0.29) is 22.3 Å². The van der Waals surface area contributed by atoms with Crippen molar-refractivity contribution in [3.63, 3.8) is 0 Å². The van der Waals surface area contributed by atoms with Gasteiger partial charge in [-0.25, -0.2) is 17.2 Å². The molecule has 3 rings (SSSR count). The number of hydrogen-bond acceptors (Lipinski definition) is 3. The third-order valence-electron chi connectivity index (χ3n) is 4.37. The van der Waals surface area contributed by atoms with Crippen LogP contribution >= 0.6 is 23.4 Å². The van der Waals surface area contributed by atoms with Gasteiger partial charge in [0.1, 0.15) is 11.6 Å². The highest BCUT2D eigenvalue weighted by Gasteiger charge is 2.30. The number of sulfonamides is 1. The van der Waals surface area contributed by atoms with E-state index < -0.39 is 21.7 Å². The third kappa shape index (κ3) is 4.06. The summed E-state index contributed by atoms with van der Waals surface area (Å²) in [5.74, 6) is -0.462. The maximum atomic E-state index is 14.1. The molecule has 26 heavy (non-hydrogen) atoms. The Balaban J connectivity index is 1.84. The van der Waals surface area contributed by atoms with Crippen LogP contribution in [0.3, 0.4) is 0 Å². The minimum Gasteiger partial charge on any atom is -0.207 e. The summed E-state index contributed by atoms with van der Waals surface area (Å²) < 4.78 is 54.9. The van der Waals surface area contributed by atoms with Gasteiger partial charge in [-0.05, 0) is 49.2 Å². The lowest BCUT2D eigenvalue weighted by atomic mass is 10.1. The second-order valence-corrected chi connectivity index (χ2v) is 9.78. The van der Waals surface area contributed by atoms with Gasteiger partial charge in [0, 0.05) is 34.7 Å². The van der Waals surface area contributed by atoms with Crippen molar-refractivity contribution in [3.05, 3.63) is 64.2 Å². The number of nitrogens with zero attached hydrogens (tertiary/aromatic N) is 1. The zero-order valence-corrected chi connectivity index (χ0v) is 16.5. The van der Waals surface area contributed by atoms with Gasteiger partial charge in [-0.15, -0.1) is 0 Å². The molecule has 0 amide bonds. The van der Waals surface area contributed by atoms with E-state index in [4.69, 9.17) is 11.6 Å². The first-order chi connectivity index (χ1) is 12.3. The zero-order chi connectivity index (χ0) is 18.9. The van der Waals surface area contributed by atoms with Crippen molar-refractivity contribution in [1.82, 2.24) is 4.31 Å². The fourth-order valence-corrected chi connectivity index (χ4v) is 6.29. The summed E-state index contributed by atoms with van der Waals surface area (Å²) in [6, 6.07) is 8.16. The monoisotopic (exact) mass is 417 g/mol. The number of benzene rings is 2. The minimum atomic E-state index is -3.69. The standard InChI is InChI=1S/C18H18ClF2NO2S2/c1-12-2-3-13(19)10-18(12)26(23,24)22-7-6-17(25-9-8-22)15-11-14(20)4-5-16(15)21/h2-5,10-11,17H,6-9H2,1H3. The summed E-state index contributed by atoms with van der Waals surface area (Å²) in [6.07, 6.45) is 0.407. The molecule has 0 aromatic heterocycles. The number of aryl methyl sites for hydroxylation is 1. The number of hydrogen-bond donors (Lipinski definition) is 0. The SMILES string of the molecule is Cc1ccc(Cl)cc1S(=O)(=O)N1CCSC(c2cc(F)ccc2F)CC1. The molecule has 1 unspecified atom stereocenters. The quantitative estimate of drug-likeness (QED) is 0.720. The van der Waals surface area contributed by atoms with Gasteiger partial charge in [0.2, 0.25) is 10.0 Å². The Labute approximate surface area is 161 Å². The van der Waals surface area contributed by atoms with Gasteiger partial charge >= 0.3 is 0 Å². The first-order valence-corrected chi connectivity index (χ1v) is 11.0. The highest BCUT2D eigenvalue weighted by Crippen LogP contribution is 2.37. The topological polar surface area (TPSA) is 37.4 Å². The summed E-state index contributed by atoms with van der Waals surface area (Å²) in [5, 5.41) is 0.0736. The molecule has 2 aromatic rings. The summed E-state index contributed by atoms with van der Waals surface area (Å²) in [5.41, 5.74) is 0.909. The second kappa shape index (κ2) is 7.84. The van der Waals surface area contributed by atoms with Gasteiger partial charge in [0.15, 0.2) is 0 Å². The third-order valence-corrected chi connectivity index (χ3v) is 7.96. The van der Waals surface area contributed by atoms with Crippen molar-refractivity contribution in [2.45, 2.75) is 23.5 Å². The van der Waals surface area contributed by atoms with E-state index in [0.717, 1.165) is 12.1 Å². The largest absolute Gasteiger partial charge is 0.243 e. The van der Waals surface area contributed by atoms with Crippen LogP contribution in [0.15, 0.2) is 41.3 Å². The Morgan fingerprint density at radius 2 is 1.92 bits per heavy atom. The molecule has 1 heterocycles. The van der Waals surface area contributed by atoms with E-state index in [1.165, 1.54) is 28.2 Å². The Hall–Kier alpha value is -1.15. The molecular weight excluding hydrogens is 400 g/mol.